The Morgan fingerprint density at radius 1 is 0.947 bits per heavy atom. The lowest BCUT2D eigenvalue weighted by atomic mass is 10.0. The number of hydrogen-bond donors (Lipinski definition) is 1. The Morgan fingerprint density at radius 2 is 1.61 bits per heavy atom. The van der Waals surface area contributed by atoms with E-state index in [9.17, 15) is 14.0 Å². The molecule has 0 bridgehead atoms. The zero-order valence-corrected chi connectivity index (χ0v) is 23.1. The molecule has 1 aliphatic rings. The zero-order chi connectivity index (χ0) is 26.9. The van der Waals surface area contributed by atoms with Gasteiger partial charge in [0.05, 0.1) is 5.75 Å². The predicted molar refractivity (Wildman–Crippen MR) is 153 cm³/mol. The van der Waals surface area contributed by atoms with Gasteiger partial charge in [0.25, 0.3) is 0 Å². The summed E-state index contributed by atoms with van der Waals surface area (Å²) in [4.78, 5) is 29.0. The fourth-order valence-corrected chi connectivity index (χ4v) is 6.07. The smallest absolute Gasteiger partial charge is 0.243 e. The molecule has 200 valence electrons. The molecule has 0 heterocycles. The van der Waals surface area contributed by atoms with Crippen LogP contribution in [0.25, 0.3) is 0 Å². The van der Waals surface area contributed by atoms with E-state index in [1.807, 2.05) is 30.3 Å². The highest BCUT2D eigenvalue weighted by molar-refractivity contribution is 7.99. The Labute approximate surface area is 230 Å². The van der Waals surface area contributed by atoms with Crippen molar-refractivity contribution in [3.8, 4) is 0 Å². The average Bonchev–Trinajstić information content (AvgIpc) is 3.40. The first-order chi connectivity index (χ1) is 18.4. The largest absolute Gasteiger partial charge is 0.352 e. The Morgan fingerprint density at radius 3 is 2.29 bits per heavy atom. The Kier molecular flexibility index (Phi) is 9.99. The standard InChI is InChI=1S/C32H37FN2O2S/c1-23-16-24(2)18-26(17-23)21-38-22-31(36)35(20-27-12-6-9-15-29(27)33)30(19-25-10-4-3-5-11-25)32(37)34-28-13-7-8-14-28/h3-6,9-12,15-18,28,30H,7-8,13-14,19-22H2,1-2H3,(H,34,37)/t30-/m1/s1. The number of benzene rings is 3. The minimum absolute atomic E-state index is 0.0468. The van der Waals surface area contributed by atoms with Gasteiger partial charge in [-0.2, -0.15) is 0 Å². The summed E-state index contributed by atoms with van der Waals surface area (Å²) in [6.07, 6.45) is 4.48. The van der Waals surface area contributed by atoms with Crippen molar-refractivity contribution >= 4 is 23.6 Å². The van der Waals surface area contributed by atoms with Gasteiger partial charge in [0.2, 0.25) is 11.8 Å². The minimum Gasteiger partial charge on any atom is -0.352 e. The van der Waals surface area contributed by atoms with E-state index in [4.69, 9.17) is 0 Å². The molecule has 0 radical (unpaired) electrons. The minimum atomic E-state index is -0.730. The average molecular weight is 533 g/mol. The van der Waals surface area contributed by atoms with Crippen LogP contribution in [0.1, 0.15) is 53.5 Å². The maximum Gasteiger partial charge on any atom is 0.243 e. The van der Waals surface area contributed by atoms with Gasteiger partial charge in [-0.15, -0.1) is 11.8 Å². The number of amides is 2. The van der Waals surface area contributed by atoms with Crippen LogP contribution in [0, 0.1) is 19.7 Å². The molecule has 2 amide bonds. The predicted octanol–water partition coefficient (Wildman–Crippen LogP) is 6.37. The summed E-state index contributed by atoms with van der Waals surface area (Å²) >= 11 is 1.53. The van der Waals surface area contributed by atoms with Crippen molar-refractivity contribution < 1.29 is 14.0 Å². The molecule has 3 aromatic rings. The zero-order valence-electron chi connectivity index (χ0n) is 22.3. The van der Waals surface area contributed by atoms with Gasteiger partial charge in [-0.05, 0) is 43.9 Å². The molecule has 1 N–H and O–H groups in total. The van der Waals surface area contributed by atoms with Gasteiger partial charge in [-0.1, -0.05) is 90.7 Å². The van der Waals surface area contributed by atoms with Crippen LogP contribution in [0.5, 0.6) is 0 Å². The van der Waals surface area contributed by atoms with Crippen LogP contribution in [-0.2, 0) is 28.3 Å². The van der Waals surface area contributed by atoms with Crippen molar-refractivity contribution in [1.29, 1.82) is 0 Å². The number of carbonyl (C=O) groups excluding carboxylic acids is 2. The second kappa shape index (κ2) is 13.6. The summed E-state index contributed by atoms with van der Waals surface area (Å²) in [6.45, 7) is 4.18. The normalized spacial score (nSPS) is 14.3. The lowest BCUT2D eigenvalue weighted by molar-refractivity contribution is -0.139. The SMILES string of the molecule is Cc1cc(C)cc(CSCC(=O)N(Cc2ccccc2F)[C@H](Cc2ccccc2)C(=O)NC2CCCC2)c1. The van der Waals surface area contributed by atoms with Crippen LogP contribution in [0.2, 0.25) is 0 Å². The van der Waals surface area contributed by atoms with Crippen LogP contribution in [-0.4, -0.2) is 34.6 Å². The van der Waals surface area contributed by atoms with E-state index < -0.39 is 6.04 Å². The number of nitrogens with one attached hydrogen (secondary N) is 1. The molecule has 1 fully saturated rings. The number of aryl methyl sites for hydroxylation is 2. The van der Waals surface area contributed by atoms with Gasteiger partial charge < -0.3 is 10.2 Å². The van der Waals surface area contributed by atoms with E-state index in [2.05, 4.69) is 37.4 Å². The summed E-state index contributed by atoms with van der Waals surface area (Å²) in [5, 5.41) is 3.20. The fraction of sp³-hybridized carbons (Fsp3) is 0.375. The van der Waals surface area contributed by atoms with Crippen LogP contribution in [0.15, 0.2) is 72.8 Å². The van der Waals surface area contributed by atoms with Gasteiger partial charge in [0.1, 0.15) is 11.9 Å². The van der Waals surface area contributed by atoms with Crippen LogP contribution < -0.4 is 5.32 Å². The molecule has 6 heteroatoms. The van der Waals surface area contributed by atoms with Crippen LogP contribution in [0.3, 0.4) is 0 Å². The number of halogens is 1. The molecule has 0 spiro atoms. The quantitative estimate of drug-likeness (QED) is 0.312. The van der Waals surface area contributed by atoms with Crippen molar-refractivity contribution in [2.75, 3.05) is 5.75 Å². The van der Waals surface area contributed by atoms with E-state index in [1.165, 1.54) is 34.5 Å². The second-order valence-electron chi connectivity index (χ2n) is 10.3. The molecule has 4 rings (SSSR count). The highest BCUT2D eigenvalue weighted by Gasteiger charge is 2.32. The topological polar surface area (TPSA) is 49.4 Å². The Hall–Kier alpha value is -3.12. The maximum absolute atomic E-state index is 14.7. The number of thioether (sulfide) groups is 1. The molecule has 0 aromatic heterocycles. The van der Waals surface area contributed by atoms with E-state index in [-0.39, 0.29) is 36.0 Å². The number of rotatable bonds is 11. The van der Waals surface area contributed by atoms with Gasteiger partial charge >= 0.3 is 0 Å². The molecule has 0 saturated heterocycles. The molecule has 1 aliphatic carbocycles. The van der Waals surface area contributed by atoms with Crippen molar-refractivity contribution in [2.24, 2.45) is 0 Å². The maximum atomic E-state index is 14.7. The van der Waals surface area contributed by atoms with E-state index in [0.29, 0.717) is 17.7 Å². The second-order valence-corrected chi connectivity index (χ2v) is 11.3. The highest BCUT2D eigenvalue weighted by atomic mass is 32.2. The molecular weight excluding hydrogens is 495 g/mol. The monoisotopic (exact) mass is 532 g/mol. The number of nitrogens with zero attached hydrogens (tertiary/aromatic N) is 1. The molecule has 0 aliphatic heterocycles. The first-order valence-electron chi connectivity index (χ1n) is 13.4. The van der Waals surface area contributed by atoms with Gasteiger partial charge in [-0.3, -0.25) is 9.59 Å². The molecule has 3 aromatic carbocycles. The number of hydrogen-bond acceptors (Lipinski definition) is 3. The van der Waals surface area contributed by atoms with Crippen LogP contribution in [0.4, 0.5) is 4.39 Å². The molecule has 38 heavy (non-hydrogen) atoms. The molecule has 0 unspecified atom stereocenters. The van der Waals surface area contributed by atoms with Crippen molar-refractivity contribution in [2.45, 2.75) is 70.3 Å². The summed E-state index contributed by atoms with van der Waals surface area (Å²) in [5.41, 5.74) is 4.93. The molecular formula is C32H37FN2O2S. The Balaban J connectivity index is 1.57. The first kappa shape index (κ1) is 27.9. The third-order valence-corrected chi connectivity index (χ3v) is 8.04. The van der Waals surface area contributed by atoms with E-state index in [0.717, 1.165) is 31.2 Å². The third kappa shape index (κ3) is 7.94. The Bertz CT molecular complexity index is 1210. The van der Waals surface area contributed by atoms with E-state index in [1.54, 1.807) is 23.1 Å². The summed E-state index contributed by atoms with van der Waals surface area (Å²) in [5.74, 6) is 0.209. The molecule has 1 saturated carbocycles. The van der Waals surface area contributed by atoms with E-state index >= 15 is 0 Å². The van der Waals surface area contributed by atoms with Gasteiger partial charge in [-0.25, -0.2) is 4.39 Å². The first-order valence-corrected chi connectivity index (χ1v) is 14.6. The van der Waals surface area contributed by atoms with Crippen molar-refractivity contribution in [3.63, 3.8) is 0 Å². The number of carbonyl (C=O) groups is 2. The van der Waals surface area contributed by atoms with Gasteiger partial charge in [0.15, 0.2) is 0 Å². The third-order valence-electron chi connectivity index (χ3n) is 7.05. The lowest BCUT2D eigenvalue weighted by Gasteiger charge is -2.32. The van der Waals surface area contributed by atoms with Crippen molar-refractivity contribution in [1.82, 2.24) is 10.2 Å². The highest BCUT2D eigenvalue weighted by Crippen LogP contribution is 2.22. The summed E-state index contributed by atoms with van der Waals surface area (Å²) < 4.78 is 14.7. The fourth-order valence-electron chi connectivity index (χ4n) is 5.22. The van der Waals surface area contributed by atoms with Crippen LogP contribution >= 0.6 is 11.8 Å². The molecule has 4 nitrogen and oxygen atoms in total. The van der Waals surface area contributed by atoms with Gasteiger partial charge in [0, 0.05) is 30.3 Å². The lowest BCUT2D eigenvalue weighted by Crippen LogP contribution is -2.52. The van der Waals surface area contributed by atoms with Crippen molar-refractivity contribution in [3.05, 3.63) is 106 Å². The summed E-state index contributed by atoms with van der Waals surface area (Å²) in [7, 11) is 0. The summed E-state index contributed by atoms with van der Waals surface area (Å²) in [6, 6.07) is 22.0. The molecule has 1 atom stereocenters.